The average molecular weight is 511 g/mol. The van der Waals surface area contributed by atoms with Gasteiger partial charge in [-0.15, -0.1) is 0 Å². The molecule has 13 heteroatoms. The third-order valence-electron chi connectivity index (χ3n) is 5.49. The van der Waals surface area contributed by atoms with Gasteiger partial charge in [-0.25, -0.2) is 57.1 Å². The summed E-state index contributed by atoms with van der Waals surface area (Å²) in [5.74, 6) is -31.7. The molecular weight excluding hydrogens is 511 g/mol. The van der Waals surface area contributed by atoms with Gasteiger partial charge >= 0.3 is 0 Å². The quantitative estimate of drug-likeness (QED) is 0.0859. The summed E-state index contributed by atoms with van der Waals surface area (Å²) in [6.07, 6.45) is 0. The fraction of sp³-hybridized carbons (Fsp3) is 0. The molecule has 0 aromatic heterocycles. The van der Waals surface area contributed by atoms with Crippen molar-refractivity contribution in [2.45, 2.75) is 0 Å². The summed E-state index contributed by atoms with van der Waals surface area (Å²) < 4.78 is 187. The summed E-state index contributed by atoms with van der Waals surface area (Å²) in [7, 11) is 0. The molecule has 0 aliphatic heterocycles. The molecule has 5 aromatic carbocycles. The Labute approximate surface area is 182 Å². The zero-order valence-corrected chi connectivity index (χ0v) is 15.9. The van der Waals surface area contributed by atoms with Gasteiger partial charge in [-0.05, 0) is 0 Å². The van der Waals surface area contributed by atoms with Crippen LogP contribution in [-0.4, -0.2) is 0 Å². The van der Waals surface area contributed by atoms with Gasteiger partial charge in [0.25, 0.3) is 0 Å². The molecule has 0 nitrogen and oxygen atoms in total. The van der Waals surface area contributed by atoms with E-state index in [2.05, 4.69) is 0 Å². The highest BCUT2D eigenvalue weighted by Gasteiger charge is 2.34. The first-order valence-electron chi connectivity index (χ1n) is 8.96. The van der Waals surface area contributed by atoms with Gasteiger partial charge in [-0.2, -0.15) is 0 Å². The van der Waals surface area contributed by atoms with Crippen LogP contribution < -0.4 is 0 Å². The average Bonchev–Trinajstić information content (AvgIpc) is 2.81. The number of hydrogen-bond acceptors (Lipinski definition) is 0. The summed E-state index contributed by atoms with van der Waals surface area (Å²) >= 11 is 0. The first kappa shape index (κ1) is 23.0. The van der Waals surface area contributed by atoms with Gasteiger partial charge < -0.3 is 0 Å². The Kier molecular flexibility index (Phi) is 4.68. The molecule has 0 heterocycles. The molecule has 0 aliphatic rings. The lowest BCUT2D eigenvalue weighted by atomic mass is 9.93. The second-order valence-electron chi connectivity index (χ2n) is 7.21. The van der Waals surface area contributed by atoms with Gasteiger partial charge in [-0.3, -0.25) is 0 Å². The van der Waals surface area contributed by atoms with Crippen LogP contribution >= 0.6 is 0 Å². The maximum Gasteiger partial charge on any atom is 0.198 e. The molecule has 0 fully saturated rings. The van der Waals surface area contributed by atoms with Crippen molar-refractivity contribution < 1.29 is 57.1 Å². The number of halogens is 13. The monoisotopic (exact) mass is 511 g/mol. The van der Waals surface area contributed by atoms with Crippen LogP contribution in [-0.2, 0) is 0 Å². The summed E-state index contributed by atoms with van der Waals surface area (Å²) in [4.78, 5) is 0. The van der Waals surface area contributed by atoms with Gasteiger partial charge in [0.15, 0.2) is 40.7 Å². The van der Waals surface area contributed by atoms with Gasteiger partial charge in [0.2, 0.25) is 0 Å². The third-order valence-corrected chi connectivity index (χ3v) is 5.49. The minimum absolute atomic E-state index is 1.23. The summed E-state index contributed by atoms with van der Waals surface area (Å²) in [5.41, 5.74) is 0. The van der Waals surface area contributed by atoms with E-state index in [9.17, 15) is 35.1 Å². The predicted molar refractivity (Wildman–Crippen MR) is 94.8 cm³/mol. The zero-order valence-electron chi connectivity index (χ0n) is 15.9. The lowest BCUT2D eigenvalue weighted by molar-refractivity contribution is 0.415. The van der Waals surface area contributed by atoms with Crippen molar-refractivity contribution in [3.63, 3.8) is 0 Å². The molecule has 0 saturated heterocycles. The Balaban J connectivity index is 2.20. The maximum absolute atomic E-state index is 15.2. The van der Waals surface area contributed by atoms with Crippen molar-refractivity contribution in [2.75, 3.05) is 0 Å². The van der Waals surface area contributed by atoms with E-state index >= 15 is 22.0 Å². The minimum atomic E-state index is -2.66. The highest BCUT2D eigenvalue weighted by molar-refractivity contribution is 6.10. The molecule has 0 N–H and O–H groups in total. The van der Waals surface area contributed by atoms with Gasteiger partial charge in [-0.1, -0.05) is 0 Å². The molecule has 0 unspecified atom stereocenters. The second-order valence-corrected chi connectivity index (χ2v) is 7.21. The van der Waals surface area contributed by atoms with E-state index in [1.807, 2.05) is 0 Å². The van der Waals surface area contributed by atoms with Gasteiger partial charge in [0, 0.05) is 11.5 Å². The topological polar surface area (TPSA) is 0 Å². The van der Waals surface area contributed by atoms with Crippen LogP contribution in [0.3, 0.4) is 0 Å². The van der Waals surface area contributed by atoms with E-state index in [4.69, 9.17) is 0 Å². The third kappa shape index (κ3) is 2.60. The SMILES string of the molecule is Fc1[c]c2c(F)c3c(F)c4c(F)c5c(F)c(F)c(F)c(F)c5c(F)c4c(F)c3c(F)c2c(F)c1F. The van der Waals surface area contributed by atoms with E-state index in [0.29, 0.717) is 0 Å². The molecule has 5 rings (SSSR count). The van der Waals surface area contributed by atoms with Crippen LogP contribution in [0.1, 0.15) is 0 Å². The Morgan fingerprint density at radius 3 is 0.943 bits per heavy atom. The number of benzene rings is 5. The second kappa shape index (κ2) is 7.12. The smallest absolute Gasteiger partial charge is 0.198 e. The molecule has 0 aliphatic carbocycles. The van der Waals surface area contributed by atoms with Crippen LogP contribution in [0, 0.1) is 81.7 Å². The molecule has 0 amide bonds. The van der Waals surface area contributed by atoms with Crippen molar-refractivity contribution >= 4 is 43.1 Å². The van der Waals surface area contributed by atoms with E-state index in [1.165, 1.54) is 6.07 Å². The van der Waals surface area contributed by atoms with E-state index < -0.39 is 119 Å². The van der Waals surface area contributed by atoms with E-state index in [-0.39, 0.29) is 0 Å². The molecular formula is C22F13. The lowest BCUT2D eigenvalue weighted by Crippen LogP contribution is -2.07. The maximum atomic E-state index is 15.2. The van der Waals surface area contributed by atoms with Gasteiger partial charge in [0.1, 0.15) is 34.9 Å². The Bertz CT molecular complexity index is 1820. The normalized spacial score (nSPS) is 12.1. The largest absolute Gasteiger partial charge is 0.205 e. The van der Waals surface area contributed by atoms with Crippen LogP contribution in [0.2, 0.25) is 0 Å². The number of fused-ring (bicyclic) bond motifs is 4. The van der Waals surface area contributed by atoms with Crippen molar-refractivity contribution in [2.24, 2.45) is 0 Å². The molecule has 1 radical (unpaired) electrons. The standard InChI is InChI=1S/C22F13/c23-3-1-2-4(18(31)12(3)25)13(26)6-5(11(2)24)14(27)7-8(15(6)28)17(30)10-9(16(7)29)19(32)21(34)22(35)20(10)33. The van der Waals surface area contributed by atoms with Crippen LogP contribution in [0.25, 0.3) is 43.1 Å². The van der Waals surface area contributed by atoms with Crippen LogP contribution in [0.15, 0.2) is 0 Å². The fourth-order valence-electron chi connectivity index (χ4n) is 3.97. The molecule has 0 atom stereocenters. The molecule has 0 spiro atoms. The van der Waals surface area contributed by atoms with E-state index in [0.717, 1.165) is 0 Å². The van der Waals surface area contributed by atoms with Gasteiger partial charge in [0.05, 0.1) is 37.7 Å². The Morgan fingerprint density at radius 2 is 0.543 bits per heavy atom. The number of rotatable bonds is 0. The summed E-state index contributed by atoms with van der Waals surface area (Å²) in [6.45, 7) is 0. The predicted octanol–water partition coefficient (Wildman–Crippen LogP) is 7.91. The first-order valence-corrected chi connectivity index (χ1v) is 8.96. The van der Waals surface area contributed by atoms with Crippen molar-refractivity contribution in [3.05, 3.63) is 81.7 Å². The minimum Gasteiger partial charge on any atom is -0.205 e. The van der Waals surface area contributed by atoms with Crippen LogP contribution in [0.5, 0.6) is 0 Å². The first-order chi connectivity index (χ1) is 16.3. The Hall–Kier alpha value is -3.77. The van der Waals surface area contributed by atoms with Crippen molar-refractivity contribution in [1.82, 2.24) is 0 Å². The van der Waals surface area contributed by atoms with E-state index in [1.54, 1.807) is 0 Å². The molecule has 35 heavy (non-hydrogen) atoms. The molecule has 0 saturated carbocycles. The summed E-state index contributed by atoms with van der Waals surface area (Å²) in [6, 6.07) is 1.23. The lowest BCUT2D eigenvalue weighted by Gasteiger charge is -2.16. The van der Waals surface area contributed by atoms with Crippen molar-refractivity contribution in [3.8, 4) is 0 Å². The fourth-order valence-corrected chi connectivity index (χ4v) is 3.97. The molecule has 179 valence electrons. The Morgan fingerprint density at radius 1 is 0.257 bits per heavy atom. The molecule has 0 bridgehead atoms. The summed E-state index contributed by atoms with van der Waals surface area (Å²) in [5, 5.41) is -15.3. The highest BCUT2D eigenvalue weighted by Crippen LogP contribution is 2.44. The van der Waals surface area contributed by atoms with Crippen LogP contribution in [0.4, 0.5) is 57.1 Å². The molecule has 5 aromatic rings. The zero-order chi connectivity index (χ0) is 25.8. The van der Waals surface area contributed by atoms with Crippen molar-refractivity contribution in [1.29, 1.82) is 0 Å². The highest BCUT2D eigenvalue weighted by atomic mass is 19.2. The number of hydrogen-bond donors (Lipinski definition) is 0.